The molecule has 0 amide bonds. The number of halogens is 3. The van der Waals surface area contributed by atoms with E-state index in [0.29, 0.717) is 11.9 Å². The van der Waals surface area contributed by atoms with Gasteiger partial charge in [0.25, 0.3) is 0 Å². The van der Waals surface area contributed by atoms with Crippen LogP contribution in [0.2, 0.25) is 0 Å². The van der Waals surface area contributed by atoms with Gasteiger partial charge in [0.2, 0.25) is 0 Å². The van der Waals surface area contributed by atoms with Gasteiger partial charge in [-0.25, -0.2) is 4.79 Å². The molecule has 0 spiro atoms. The highest BCUT2D eigenvalue weighted by molar-refractivity contribution is 5.73. The number of hydrogen-bond acceptors (Lipinski definition) is 3. The number of benzene rings is 1. The van der Waals surface area contributed by atoms with E-state index in [-0.39, 0.29) is 17.7 Å². The summed E-state index contributed by atoms with van der Waals surface area (Å²) in [7, 11) is 1.50. The second kappa shape index (κ2) is 5.32. The summed E-state index contributed by atoms with van der Waals surface area (Å²) in [5.41, 5.74) is 0.658. The maximum atomic E-state index is 13.1. The molecule has 1 aromatic heterocycles. The largest absolute Gasteiger partial charge is 0.419 e. The van der Waals surface area contributed by atoms with Crippen molar-refractivity contribution in [2.24, 2.45) is 7.05 Å². The van der Waals surface area contributed by atoms with Crippen LogP contribution in [0, 0.1) is 0 Å². The maximum Gasteiger partial charge on any atom is 0.419 e. The monoisotopic (exact) mass is 288 g/mol. The topological polar surface area (TPSA) is 47.2 Å². The molecule has 0 saturated heterocycles. The van der Waals surface area contributed by atoms with Crippen LogP contribution in [-0.2, 0) is 7.05 Å². The first kappa shape index (κ1) is 14.6. The summed E-state index contributed by atoms with van der Waals surface area (Å²) in [5.74, 6) is -0.595. The number of alkyl halides is 3. The summed E-state index contributed by atoms with van der Waals surface area (Å²) in [6.07, 6.45) is -3.81. The number of nitrogens with zero attached hydrogens (tertiary/aromatic N) is 1. The van der Waals surface area contributed by atoms with Crippen LogP contribution in [0.3, 0.4) is 0 Å². The first-order valence-corrected chi connectivity index (χ1v) is 6.24. The van der Waals surface area contributed by atoms with Crippen molar-refractivity contribution < 1.29 is 17.6 Å². The minimum absolute atomic E-state index is 0.0350. The highest BCUT2D eigenvalue weighted by atomic mass is 19.4. The lowest BCUT2D eigenvalue weighted by molar-refractivity contribution is -0.157. The Morgan fingerprint density at radius 1 is 1.40 bits per heavy atom. The molecule has 0 bridgehead atoms. The summed E-state index contributed by atoms with van der Waals surface area (Å²) in [6.45, 7) is 2.04. The summed E-state index contributed by atoms with van der Waals surface area (Å²) < 4.78 is 45.3. The van der Waals surface area contributed by atoms with Crippen molar-refractivity contribution in [3.8, 4) is 0 Å². The quantitative estimate of drug-likeness (QED) is 0.941. The van der Waals surface area contributed by atoms with Gasteiger partial charge in [-0.1, -0.05) is 13.0 Å². The highest BCUT2D eigenvalue weighted by Gasteiger charge is 2.40. The highest BCUT2D eigenvalue weighted by Crippen LogP contribution is 2.33. The fourth-order valence-electron chi connectivity index (χ4n) is 2.04. The van der Waals surface area contributed by atoms with Gasteiger partial charge in [-0.15, -0.1) is 0 Å². The zero-order valence-electron chi connectivity index (χ0n) is 11.1. The zero-order chi connectivity index (χ0) is 14.9. The van der Waals surface area contributed by atoms with Crippen LogP contribution in [0.1, 0.15) is 24.9 Å². The number of aromatic nitrogens is 1. The van der Waals surface area contributed by atoms with Crippen molar-refractivity contribution >= 4 is 11.1 Å². The summed E-state index contributed by atoms with van der Waals surface area (Å²) >= 11 is 0. The smallest absolute Gasteiger partial charge is 0.408 e. The molecule has 2 rings (SSSR count). The van der Waals surface area contributed by atoms with Crippen LogP contribution in [0.5, 0.6) is 0 Å². The van der Waals surface area contributed by atoms with Crippen LogP contribution in [0.15, 0.2) is 27.4 Å². The third-order valence-corrected chi connectivity index (χ3v) is 3.08. The molecule has 1 unspecified atom stereocenters. The molecule has 20 heavy (non-hydrogen) atoms. The van der Waals surface area contributed by atoms with Crippen molar-refractivity contribution in [2.75, 3.05) is 6.54 Å². The second-order valence-electron chi connectivity index (χ2n) is 4.58. The van der Waals surface area contributed by atoms with Gasteiger partial charge in [-0.2, -0.15) is 13.2 Å². The van der Waals surface area contributed by atoms with E-state index in [1.807, 2.05) is 0 Å². The average molecular weight is 288 g/mol. The Bertz CT molecular complexity index is 658. The van der Waals surface area contributed by atoms with Crippen molar-refractivity contribution in [3.63, 3.8) is 0 Å². The lowest BCUT2D eigenvalue weighted by Crippen LogP contribution is -2.34. The third kappa shape index (κ3) is 2.72. The molecule has 7 heteroatoms. The Labute approximate surface area is 113 Å². The molecule has 1 atom stereocenters. The SMILES string of the molecule is CCCNC(c1ccc2c(c1)oc(=O)n2C)C(F)(F)F. The van der Waals surface area contributed by atoms with Crippen molar-refractivity contribution in [1.82, 2.24) is 9.88 Å². The van der Waals surface area contributed by atoms with E-state index < -0.39 is 18.0 Å². The second-order valence-corrected chi connectivity index (χ2v) is 4.58. The van der Waals surface area contributed by atoms with Gasteiger partial charge in [-0.3, -0.25) is 4.57 Å². The molecule has 110 valence electrons. The standard InChI is InChI=1S/C13H15F3N2O2/c1-3-6-17-11(13(14,15)16)8-4-5-9-10(7-8)20-12(19)18(9)2/h4-5,7,11,17H,3,6H2,1-2H3. The number of oxazole rings is 1. The number of aryl methyl sites for hydroxylation is 1. The molecule has 0 aliphatic heterocycles. The van der Waals surface area contributed by atoms with Crippen molar-refractivity contribution in [1.29, 1.82) is 0 Å². The van der Waals surface area contributed by atoms with Gasteiger partial charge in [0.15, 0.2) is 5.58 Å². The van der Waals surface area contributed by atoms with Crippen LogP contribution >= 0.6 is 0 Å². The Kier molecular flexibility index (Phi) is 3.89. The Morgan fingerprint density at radius 2 is 2.10 bits per heavy atom. The third-order valence-electron chi connectivity index (χ3n) is 3.08. The summed E-state index contributed by atoms with van der Waals surface area (Å²) in [5, 5.41) is 2.46. The van der Waals surface area contributed by atoms with Crippen LogP contribution < -0.4 is 11.1 Å². The van der Waals surface area contributed by atoms with E-state index in [9.17, 15) is 18.0 Å². The van der Waals surface area contributed by atoms with Gasteiger partial charge in [0.1, 0.15) is 6.04 Å². The van der Waals surface area contributed by atoms with E-state index >= 15 is 0 Å². The number of nitrogens with one attached hydrogen (secondary N) is 1. The first-order valence-electron chi connectivity index (χ1n) is 6.24. The molecule has 1 N–H and O–H groups in total. The Balaban J connectivity index is 2.45. The Hall–Kier alpha value is -1.76. The number of rotatable bonds is 4. The molecule has 0 saturated carbocycles. The molecule has 2 aromatic rings. The number of fused-ring (bicyclic) bond motifs is 1. The predicted octanol–water partition coefficient (Wildman–Crippen LogP) is 2.73. The summed E-state index contributed by atoms with van der Waals surface area (Å²) in [6, 6.07) is 2.31. The van der Waals surface area contributed by atoms with Crippen molar-refractivity contribution in [3.05, 3.63) is 34.3 Å². The van der Waals surface area contributed by atoms with Gasteiger partial charge in [0, 0.05) is 7.05 Å². The average Bonchev–Trinajstić information content (AvgIpc) is 2.64. The van der Waals surface area contributed by atoms with E-state index in [1.165, 1.54) is 29.8 Å². The Morgan fingerprint density at radius 3 is 2.70 bits per heavy atom. The minimum Gasteiger partial charge on any atom is -0.408 e. The summed E-state index contributed by atoms with van der Waals surface area (Å²) in [4.78, 5) is 11.3. The number of hydrogen-bond donors (Lipinski definition) is 1. The van der Waals surface area contributed by atoms with Gasteiger partial charge >= 0.3 is 11.9 Å². The minimum atomic E-state index is -4.40. The lowest BCUT2D eigenvalue weighted by Gasteiger charge is -2.21. The van der Waals surface area contributed by atoms with Crippen LogP contribution in [0.25, 0.3) is 11.1 Å². The lowest BCUT2D eigenvalue weighted by atomic mass is 10.1. The maximum absolute atomic E-state index is 13.1. The molecule has 1 heterocycles. The van der Waals surface area contributed by atoms with E-state index in [2.05, 4.69) is 5.32 Å². The molecule has 0 aliphatic rings. The van der Waals surface area contributed by atoms with Gasteiger partial charge in [-0.05, 0) is 30.7 Å². The molecule has 0 fully saturated rings. The molecule has 0 aliphatic carbocycles. The molecular weight excluding hydrogens is 273 g/mol. The fraction of sp³-hybridized carbons (Fsp3) is 0.462. The first-order chi connectivity index (χ1) is 9.34. The molecule has 4 nitrogen and oxygen atoms in total. The van der Waals surface area contributed by atoms with Crippen LogP contribution in [0.4, 0.5) is 13.2 Å². The van der Waals surface area contributed by atoms with Crippen molar-refractivity contribution in [2.45, 2.75) is 25.6 Å². The van der Waals surface area contributed by atoms with E-state index in [0.717, 1.165) is 0 Å². The normalized spacial score (nSPS) is 13.8. The van der Waals surface area contributed by atoms with Crippen LogP contribution in [-0.4, -0.2) is 17.3 Å². The zero-order valence-corrected chi connectivity index (χ0v) is 11.1. The van der Waals surface area contributed by atoms with Gasteiger partial charge < -0.3 is 9.73 Å². The fourth-order valence-corrected chi connectivity index (χ4v) is 2.04. The van der Waals surface area contributed by atoms with Gasteiger partial charge in [0.05, 0.1) is 5.52 Å². The predicted molar refractivity (Wildman–Crippen MR) is 68.5 cm³/mol. The molecule has 0 radical (unpaired) electrons. The molecular formula is C13H15F3N2O2. The van der Waals surface area contributed by atoms with E-state index in [1.54, 1.807) is 6.92 Å². The molecule has 1 aromatic carbocycles. The van der Waals surface area contributed by atoms with E-state index in [4.69, 9.17) is 4.42 Å².